The first-order valence-electron chi connectivity index (χ1n) is 9.30. The van der Waals surface area contributed by atoms with Gasteiger partial charge in [0.05, 0.1) is 4.91 Å². The second-order valence-electron chi connectivity index (χ2n) is 6.73. The zero-order chi connectivity index (χ0) is 19.5. The Morgan fingerprint density at radius 2 is 2.00 bits per heavy atom. The van der Waals surface area contributed by atoms with E-state index in [0.717, 1.165) is 41.7 Å². The van der Waals surface area contributed by atoms with Gasteiger partial charge in [-0.05, 0) is 60.2 Å². The Bertz CT molecular complexity index is 937. The number of benzene rings is 1. The van der Waals surface area contributed by atoms with E-state index in [4.69, 9.17) is 0 Å². The lowest BCUT2D eigenvalue weighted by molar-refractivity contribution is -0.123. The first-order chi connectivity index (χ1) is 13.6. The monoisotopic (exact) mass is 412 g/mol. The minimum atomic E-state index is -0.265. The Labute approximate surface area is 172 Å². The fourth-order valence-corrected chi connectivity index (χ4v) is 5.10. The van der Waals surface area contributed by atoms with Gasteiger partial charge in [-0.25, -0.2) is 0 Å². The molecule has 0 saturated carbocycles. The number of thioether (sulfide) groups is 1. The van der Waals surface area contributed by atoms with Gasteiger partial charge in [-0.1, -0.05) is 24.3 Å². The van der Waals surface area contributed by atoms with Crippen LogP contribution in [0.3, 0.4) is 0 Å². The quantitative estimate of drug-likeness (QED) is 0.677. The van der Waals surface area contributed by atoms with Crippen molar-refractivity contribution in [1.29, 1.82) is 0 Å². The van der Waals surface area contributed by atoms with Crippen LogP contribution in [0.25, 0.3) is 6.08 Å². The smallest absolute Gasteiger partial charge is 0.293 e. The van der Waals surface area contributed by atoms with Crippen molar-refractivity contribution in [3.05, 3.63) is 57.1 Å². The molecule has 5 nitrogen and oxygen atoms in total. The summed E-state index contributed by atoms with van der Waals surface area (Å²) in [5.41, 5.74) is 2.19. The molecule has 7 heteroatoms. The maximum atomic E-state index is 12.7. The van der Waals surface area contributed by atoms with E-state index < -0.39 is 0 Å². The third-order valence-corrected chi connectivity index (χ3v) is 6.60. The van der Waals surface area contributed by atoms with E-state index >= 15 is 0 Å². The van der Waals surface area contributed by atoms with Gasteiger partial charge in [0.25, 0.3) is 11.1 Å². The second kappa shape index (κ2) is 8.32. The van der Waals surface area contributed by atoms with Gasteiger partial charge in [0.15, 0.2) is 0 Å². The van der Waals surface area contributed by atoms with E-state index in [9.17, 15) is 14.4 Å². The number of nitrogens with zero attached hydrogens (tertiary/aromatic N) is 2. The molecule has 1 saturated heterocycles. The molecule has 3 heterocycles. The van der Waals surface area contributed by atoms with Crippen molar-refractivity contribution in [2.75, 3.05) is 18.0 Å². The number of hydrogen-bond acceptors (Lipinski definition) is 5. The molecular weight excluding hydrogens is 392 g/mol. The van der Waals surface area contributed by atoms with Crippen molar-refractivity contribution in [1.82, 2.24) is 4.90 Å². The number of para-hydroxylation sites is 1. The third kappa shape index (κ3) is 3.91. The van der Waals surface area contributed by atoms with Crippen LogP contribution in [0, 0.1) is 0 Å². The summed E-state index contributed by atoms with van der Waals surface area (Å²) in [4.78, 5) is 41.9. The highest BCUT2D eigenvalue weighted by Crippen LogP contribution is 2.33. The third-order valence-electron chi connectivity index (χ3n) is 4.87. The number of carbonyl (C=O) groups is 3. The van der Waals surface area contributed by atoms with Crippen LogP contribution < -0.4 is 4.90 Å². The summed E-state index contributed by atoms with van der Waals surface area (Å²) >= 11 is 2.49. The number of anilines is 1. The van der Waals surface area contributed by atoms with Gasteiger partial charge in [0, 0.05) is 30.1 Å². The molecule has 0 aliphatic carbocycles. The minimum absolute atomic E-state index is 0.0493. The maximum absolute atomic E-state index is 12.7. The fourth-order valence-electron chi connectivity index (χ4n) is 3.51. The molecule has 0 bridgehead atoms. The maximum Gasteiger partial charge on any atom is 0.293 e. The number of fused-ring (bicyclic) bond motifs is 1. The number of imide groups is 1. The number of amides is 3. The fraction of sp³-hybridized carbons (Fsp3) is 0.286. The molecule has 4 rings (SSSR count). The lowest BCUT2D eigenvalue weighted by Gasteiger charge is -2.29. The lowest BCUT2D eigenvalue weighted by atomic mass is 10.0. The van der Waals surface area contributed by atoms with Crippen LogP contribution in [0.5, 0.6) is 0 Å². The average molecular weight is 413 g/mol. The van der Waals surface area contributed by atoms with E-state index in [1.807, 2.05) is 40.6 Å². The highest BCUT2D eigenvalue weighted by atomic mass is 32.2. The standard InChI is InChI=1S/C21H20N2O3S2/c24-19(22-11-3-7-15-6-1-2-9-17(15)22)10-4-12-23-20(25)18(28-21(23)26)14-16-8-5-13-27-16/h1-2,5-6,8-9,13-14H,3-4,7,10-12H2. The van der Waals surface area contributed by atoms with Crippen LogP contribution in [-0.4, -0.2) is 35.0 Å². The summed E-state index contributed by atoms with van der Waals surface area (Å²) in [6, 6.07) is 11.8. The molecule has 2 aliphatic rings. The van der Waals surface area contributed by atoms with Crippen LogP contribution in [-0.2, 0) is 16.0 Å². The Kier molecular flexibility index (Phi) is 5.64. The summed E-state index contributed by atoms with van der Waals surface area (Å²) < 4.78 is 0. The van der Waals surface area contributed by atoms with Crippen molar-refractivity contribution in [3.8, 4) is 0 Å². The molecule has 0 spiro atoms. The molecule has 144 valence electrons. The summed E-state index contributed by atoms with van der Waals surface area (Å²) in [5, 5.41) is 1.67. The molecular formula is C21H20N2O3S2. The first kappa shape index (κ1) is 19.0. The minimum Gasteiger partial charge on any atom is -0.312 e. The highest BCUT2D eigenvalue weighted by molar-refractivity contribution is 8.18. The van der Waals surface area contributed by atoms with E-state index in [1.165, 1.54) is 21.8 Å². The van der Waals surface area contributed by atoms with Crippen LogP contribution in [0.2, 0.25) is 0 Å². The molecule has 2 aromatic rings. The van der Waals surface area contributed by atoms with Crippen molar-refractivity contribution in [3.63, 3.8) is 0 Å². The van der Waals surface area contributed by atoms with Gasteiger partial charge in [0.1, 0.15) is 0 Å². The van der Waals surface area contributed by atoms with E-state index in [1.54, 1.807) is 6.08 Å². The number of thiophene rings is 1. The van der Waals surface area contributed by atoms with Gasteiger partial charge < -0.3 is 4.90 Å². The summed E-state index contributed by atoms with van der Waals surface area (Å²) in [6.45, 7) is 0.995. The molecule has 3 amide bonds. The van der Waals surface area contributed by atoms with Crippen LogP contribution >= 0.6 is 23.1 Å². The molecule has 2 aliphatic heterocycles. The molecule has 0 unspecified atom stereocenters. The average Bonchev–Trinajstić information content (AvgIpc) is 3.31. The SMILES string of the molecule is O=C1SC(=Cc2cccs2)C(=O)N1CCCC(=O)N1CCCc2ccccc21. The zero-order valence-electron chi connectivity index (χ0n) is 15.3. The van der Waals surface area contributed by atoms with E-state index in [-0.39, 0.29) is 23.6 Å². The first-order valence-corrected chi connectivity index (χ1v) is 11.0. The van der Waals surface area contributed by atoms with Crippen molar-refractivity contribution >= 4 is 51.9 Å². The number of rotatable bonds is 5. The topological polar surface area (TPSA) is 57.7 Å². The van der Waals surface area contributed by atoms with E-state index in [0.29, 0.717) is 17.7 Å². The molecule has 1 aromatic heterocycles. The van der Waals surface area contributed by atoms with Gasteiger partial charge in [-0.3, -0.25) is 19.3 Å². The predicted molar refractivity (Wildman–Crippen MR) is 113 cm³/mol. The van der Waals surface area contributed by atoms with Crippen molar-refractivity contribution in [2.24, 2.45) is 0 Å². The van der Waals surface area contributed by atoms with Gasteiger partial charge in [0.2, 0.25) is 5.91 Å². The largest absolute Gasteiger partial charge is 0.312 e. The summed E-state index contributed by atoms with van der Waals surface area (Å²) in [7, 11) is 0. The molecule has 1 fully saturated rings. The Morgan fingerprint density at radius 1 is 1.14 bits per heavy atom. The predicted octanol–water partition coefficient (Wildman–Crippen LogP) is 4.54. The van der Waals surface area contributed by atoms with E-state index in [2.05, 4.69) is 6.07 Å². The molecule has 0 atom stereocenters. The van der Waals surface area contributed by atoms with Crippen molar-refractivity contribution < 1.29 is 14.4 Å². The van der Waals surface area contributed by atoms with Crippen LogP contribution in [0.4, 0.5) is 10.5 Å². The number of aryl methyl sites for hydroxylation is 1. The van der Waals surface area contributed by atoms with Crippen molar-refractivity contribution in [2.45, 2.75) is 25.7 Å². The molecule has 0 radical (unpaired) electrons. The van der Waals surface area contributed by atoms with Crippen LogP contribution in [0.1, 0.15) is 29.7 Å². The highest BCUT2D eigenvalue weighted by Gasteiger charge is 2.35. The van der Waals surface area contributed by atoms with Gasteiger partial charge >= 0.3 is 0 Å². The number of hydrogen-bond donors (Lipinski definition) is 0. The zero-order valence-corrected chi connectivity index (χ0v) is 16.9. The second-order valence-corrected chi connectivity index (χ2v) is 8.70. The molecule has 1 aromatic carbocycles. The number of carbonyl (C=O) groups excluding carboxylic acids is 3. The Morgan fingerprint density at radius 3 is 2.82 bits per heavy atom. The van der Waals surface area contributed by atoms with Gasteiger partial charge in [-0.15, -0.1) is 11.3 Å². The summed E-state index contributed by atoms with van der Waals surface area (Å²) in [5.74, 6) is -0.215. The normalized spacial score (nSPS) is 18.1. The molecule has 0 N–H and O–H groups in total. The lowest BCUT2D eigenvalue weighted by Crippen LogP contribution is -2.36. The Balaban J connectivity index is 1.35. The van der Waals surface area contributed by atoms with Crippen LogP contribution in [0.15, 0.2) is 46.7 Å². The van der Waals surface area contributed by atoms with Gasteiger partial charge in [-0.2, -0.15) is 0 Å². The summed E-state index contributed by atoms with van der Waals surface area (Å²) in [6.07, 6.45) is 4.50. The Hall–Kier alpha value is -2.38. The molecule has 28 heavy (non-hydrogen) atoms.